The quantitative estimate of drug-likeness (QED) is 0.728. The molecule has 0 bridgehead atoms. The fourth-order valence-electron chi connectivity index (χ4n) is 3.32. The third-order valence-corrected chi connectivity index (χ3v) is 5.20. The van der Waals surface area contributed by atoms with Gasteiger partial charge < -0.3 is 0 Å². The minimum Gasteiger partial charge on any atom is -0.298 e. The van der Waals surface area contributed by atoms with Crippen molar-refractivity contribution in [3.05, 3.63) is 40.5 Å². The molecule has 5 nitrogen and oxygen atoms in total. The zero-order chi connectivity index (χ0) is 14.9. The lowest BCUT2D eigenvalue weighted by molar-refractivity contribution is 0.200. The fraction of sp³-hybridized carbons (Fsp3) is 0.438. The van der Waals surface area contributed by atoms with Gasteiger partial charge in [0, 0.05) is 43.3 Å². The van der Waals surface area contributed by atoms with Gasteiger partial charge in [-0.05, 0) is 30.8 Å². The highest BCUT2D eigenvalue weighted by atomic mass is 35.5. The normalized spacial score (nSPS) is 18.9. The summed E-state index contributed by atoms with van der Waals surface area (Å²) in [6.07, 6.45) is 5.90. The second kappa shape index (κ2) is 6.95. The van der Waals surface area contributed by atoms with Crippen molar-refractivity contribution in [2.45, 2.75) is 25.3 Å². The molecule has 0 saturated carbocycles. The Hall–Kier alpha value is -1.50. The molecule has 23 heavy (non-hydrogen) atoms. The van der Waals surface area contributed by atoms with E-state index in [1.807, 2.05) is 23.1 Å². The van der Waals surface area contributed by atoms with Crippen LogP contribution in [0.5, 0.6) is 0 Å². The van der Waals surface area contributed by atoms with Gasteiger partial charge in [-0.25, -0.2) is 14.6 Å². The van der Waals surface area contributed by atoms with Crippen LogP contribution >= 0.6 is 23.7 Å². The molecule has 7 heteroatoms. The Kier molecular flexibility index (Phi) is 4.94. The number of hydrogen-bond acceptors (Lipinski definition) is 5. The summed E-state index contributed by atoms with van der Waals surface area (Å²) in [6, 6.07) is 4.35. The van der Waals surface area contributed by atoms with Crippen molar-refractivity contribution in [1.82, 2.24) is 24.6 Å². The lowest BCUT2D eigenvalue weighted by Gasteiger charge is -2.31. The van der Waals surface area contributed by atoms with Crippen molar-refractivity contribution in [3.8, 4) is 0 Å². The molecule has 4 rings (SSSR count). The molecule has 1 saturated heterocycles. The number of aryl methyl sites for hydroxylation is 1. The average Bonchev–Trinajstić information content (AvgIpc) is 3.16. The van der Waals surface area contributed by atoms with Crippen LogP contribution in [0.25, 0.3) is 11.2 Å². The van der Waals surface area contributed by atoms with E-state index in [0.717, 1.165) is 29.9 Å². The second-order valence-corrected chi connectivity index (χ2v) is 6.92. The summed E-state index contributed by atoms with van der Waals surface area (Å²) >= 11 is 1.84. The molecule has 0 amide bonds. The summed E-state index contributed by atoms with van der Waals surface area (Å²) in [4.78, 5) is 12.9. The van der Waals surface area contributed by atoms with Crippen LogP contribution in [0, 0.1) is 0 Å². The molecule has 1 fully saturated rings. The van der Waals surface area contributed by atoms with Crippen LogP contribution in [-0.4, -0.2) is 37.7 Å². The Morgan fingerprint density at radius 2 is 2.17 bits per heavy atom. The molecular formula is C16H20ClN5S. The van der Waals surface area contributed by atoms with Gasteiger partial charge in [0.1, 0.15) is 5.52 Å². The van der Waals surface area contributed by atoms with Gasteiger partial charge in [0.05, 0.1) is 5.69 Å². The van der Waals surface area contributed by atoms with Crippen LogP contribution in [0.2, 0.25) is 0 Å². The Morgan fingerprint density at radius 3 is 3.00 bits per heavy atom. The van der Waals surface area contributed by atoms with E-state index in [9.17, 15) is 0 Å². The highest BCUT2D eigenvalue weighted by Crippen LogP contribution is 2.30. The van der Waals surface area contributed by atoms with Crippen molar-refractivity contribution in [3.63, 3.8) is 0 Å². The summed E-state index contributed by atoms with van der Waals surface area (Å²) in [5, 5.41) is 6.86. The number of piperidine rings is 1. The monoisotopic (exact) mass is 349 g/mol. The maximum Gasteiger partial charge on any atom is 0.176 e. The number of hydrogen-bond donors (Lipinski definition) is 0. The second-order valence-electron chi connectivity index (χ2n) is 5.89. The van der Waals surface area contributed by atoms with E-state index in [1.165, 1.54) is 24.3 Å². The first-order valence-corrected chi connectivity index (χ1v) is 8.57. The fourth-order valence-corrected chi connectivity index (χ4v) is 4.07. The maximum absolute atomic E-state index is 4.71. The van der Waals surface area contributed by atoms with E-state index >= 15 is 0 Å². The zero-order valence-corrected chi connectivity index (χ0v) is 14.7. The SMILES string of the molecule is Cl.Cn1nc(C2CCCN(Cc3cccs3)C2)c2nccnc21. The number of fused-ring (bicyclic) bond motifs is 1. The van der Waals surface area contributed by atoms with Gasteiger partial charge in [-0.3, -0.25) is 4.90 Å². The molecule has 3 aromatic heterocycles. The number of thiophene rings is 1. The Balaban J connectivity index is 0.00000156. The number of aromatic nitrogens is 4. The number of halogens is 1. The van der Waals surface area contributed by atoms with Crippen LogP contribution in [0.15, 0.2) is 29.9 Å². The topological polar surface area (TPSA) is 46.8 Å². The molecule has 0 aliphatic carbocycles. The molecule has 0 N–H and O–H groups in total. The van der Waals surface area contributed by atoms with Crippen LogP contribution < -0.4 is 0 Å². The molecule has 0 radical (unpaired) electrons. The van der Waals surface area contributed by atoms with Gasteiger partial charge in [0.15, 0.2) is 5.65 Å². The minimum atomic E-state index is 0. The standard InChI is InChI=1S/C16H19N5S.ClH/c1-20-16-15(17-6-7-18-16)14(19-20)12-4-2-8-21(10-12)11-13-5-3-9-22-13;/h3,5-7,9,12H,2,4,8,10-11H2,1H3;1H. The molecule has 4 heterocycles. The Labute approximate surface area is 145 Å². The molecule has 1 unspecified atom stereocenters. The summed E-state index contributed by atoms with van der Waals surface area (Å²) in [5.74, 6) is 0.453. The van der Waals surface area contributed by atoms with Gasteiger partial charge in [-0.2, -0.15) is 5.10 Å². The van der Waals surface area contributed by atoms with Crippen molar-refractivity contribution < 1.29 is 0 Å². The highest BCUT2D eigenvalue weighted by molar-refractivity contribution is 7.09. The van der Waals surface area contributed by atoms with E-state index in [2.05, 4.69) is 32.4 Å². The maximum atomic E-state index is 4.71. The third-order valence-electron chi connectivity index (χ3n) is 4.34. The van der Waals surface area contributed by atoms with E-state index < -0.39 is 0 Å². The predicted molar refractivity (Wildman–Crippen MR) is 95.1 cm³/mol. The number of nitrogens with zero attached hydrogens (tertiary/aromatic N) is 5. The van der Waals surface area contributed by atoms with Crippen molar-refractivity contribution in [2.75, 3.05) is 13.1 Å². The summed E-state index contributed by atoms with van der Waals surface area (Å²) in [6.45, 7) is 3.27. The molecule has 1 atom stereocenters. The Morgan fingerprint density at radius 1 is 1.30 bits per heavy atom. The van der Waals surface area contributed by atoms with Gasteiger partial charge in [-0.15, -0.1) is 23.7 Å². The molecule has 0 spiro atoms. The molecule has 3 aromatic rings. The third kappa shape index (κ3) is 3.24. The van der Waals surface area contributed by atoms with Crippen LogP contribution in [-0.2, 0) is 13.6 Å². The number of rotatable bonds is 3. The molecular weight excluding hydrogens is 330 g/mol. The zero-order valence-electron chi connectivity index (χ0n) is 13.1. The van der Waals surface area contributed by atoms with E-state index in [1.54, 1.807) is 12.4 Å². The smallest absolute Gasteiger partial charge is 0.176 e. The number of likely N-dealkylation sites (tertiary alicyclic amines) is 1. The van der Waals surface area contributed by atoms with Crippen molar-refractivity contribution in [2.24, 2.45) is 7.05 Å². The van der Waals surface area contributed by atoms with Crippen LogP contribution in [0.4, 0.5) is 0 Å². The van der Waals surface area contributed by atoms with Gasteiger partial charge in [0.2, 0.25) is 0 Å². The largest absolute Gasteiger partial charge is 0.298 e. The molecule has 1 aliphatic heterocycles. The molecule has 0 aromatic carbocycles. The van der Waals surface area contributed by atoms with Crippen molar-refractivity contribution >= 4 is 34.9 Å². The van der Waals surface area contributed by atoms with Crippen molar-refractivity contribution in [1.29, 1.82) is 0 Å². The van der Waals surface area contributed by atoms with E-state index in [-0.39, 0.29) is 12.4 Å². The summed E-state index contributed by atoms with van der Waals surface area (Å²) < 4.78 is 1.86. The van der Waals surface area contributed by atoms with Gasteiger partial charge in [0.25, 0.3) is 0 Å². The lowest BCUT2D eigenvalue weighted by atomic mass is 9.94. The summed E-state index contributed by atoms with van der Waals surface area (Å²) in [7, 11) is 1.95. The van der Waals surface area contributed by atoms with Gasteiger partial charge >= 0.3 is 0 Å². The lowest BCUT2D eigenvalue weighted by Crippen LogP contribution is -2.33. The highest BCUT2D eigenvalue weighted by Gasteiger charge is 2.26. The van der Waals surface area contributed by atoms with Crippen LogP contribution in [0.1, 0.15) is 29.3 Å². The average molecular weight is 350 g/mol. The first-order chi connectivity index (χ1) is 10.8. The van der Waals surface area contributed by atoms with Crippen LogP contribution in [0.3, 0.4) is 0 Å². The van der Waals surface area contributed by atoms with E-state index in [4.69, 9.17) is 5.10 Å². The Bertz CT molecular complexity index is 770. The van der Waals surface area contributed by atoms with E-state index in [0.29, 0.717) is 5.92 Å². The minimum absolute atomic E-state index is 0. The van der Waals surface area contributed by atoms with Gasteiger partial charge in [-0.1, -0.05) is 6.07 Å². The predicted octanol–water partition coefficient (Wildman–Crippen LogP) is 3.23. The molecule has 1 aliphatic rings. The first kappa shape index (κ1) is 16.4. The first-order valence-electron chi connectivity index (χ1n) is 7.69. The molecule has 122 valence electrons. The summed E-state index contributed by atoms with van der Waals surface area (Å²) in [5.41, 5.74) is 2.96.